The lowest BCUT2D eigenvalue weighted by Crippen LogP contribution is -2.28. The monoisotopic (exact) mass is 485 g/mol. The van der Waals surface area contributed by atoms with Crippen LogP contribution >= 0.6 is 0 Å². The summed E-state index contributed by atoms with van der Waals surface area (Å²) in [5.74, 6) is -0.899. The summed E-state index contributed by atoms with van der Waals surface area (Å²) >= 11 is 0. The largest absolute Gasteiger partial charge is 0.382 e. The lowest BCUT2D eigenvalue weighted by Gasteiger charge is -2.17. The van der Waals surface area contributed by atoms with Crippen LogP contribution in [-0.4, -0.2) is 20.9 Å². The highest BCUT2D eigenvalue weighted by molar-refractivity contribution is 5.99. The van der Waals surface area contributed by atoms with Gasteiger partial charge in [-0.3, -0.25) is 9.78 Å². The molecule has 0 bridgehead atoms. The molecular weight excluding hydrogens is 464 g/mol. The summed E-state index contributed by atoms with van der Waals surface area (Å²) in [4.78, 5) is 25.3. The van der Waals surface area contributed by atoms with E-state index in [1.807, 2.05) is 6.07 Å². The zero-order valence-electron chi connectivity index (χ0n) is 19.2. The van der Waals surface area contributed by atoms with E-state index in [0.717, 1.165) is 0 Å². The van der Waals surface area contributed by atoms with E-state index in [0.29, 0.717) is 22.4 Å². The van der Waals surface area contributed by atoms with Gasteiger partial charge in [-0.25, -0.2) is 18.7 Å². The van der Waals surface area contributed by atoms with Gasteiger partial charge in [-0.1, -0.05) is 24.3 Å². The molecule has 4 aromatic rings. The standard InChI is InChI=1S/C26H21F2N7O/c1-15(17-4-6-20(27)7-5-17)35-26(36)21-8-16(10-29)11-33-25(21)34-12-19-3-2-18(9-22(19)28)23-13-32-24(30)14-31-23/h2-9,11,13-15H,12H2,1H3,(H2,30,32)(H,33,34)(H,35,36). The fraction of sp³-hybridized carbons (Fsp3) is 0.115. The minimum Gasteiger partial charge on any atom is -0.382 e. The number of benzene rings is 2. The number of nitrogen functional groups attached to an aromatic ring is 1. The molecule has 2 aromatic heterocycles. The van der Waals surface area contributed by atoms with Gasteiger partial charge in [-0.2, -0.15) is 5.26 Å². The van der Waals surface area contributed by atoms with Crippen LogP contribution in [0.1, 0.15) is 40.0 Å². The number of rotatable bonds is 7. The highest BCUT2D eigenvalue weighted by Crippen LogP contribution is 2.22. The number of hydrogen-bond donors (Lipinski definition) is 3. The predicted octanol–water partition coefficient (Wildman–Crippen LogP) is 4.37. The number of halogens is 2. The van der Waals surface area contributed by atoms with Gasteiger partial charge in [0, 0.05) is 23.9 Å². The number of nitrogens with one attached hydrogen (secondary N) is 2. The maximum absolute atomic E-state index is 14.8. The molecule has 36 heavy (non-hydrogen) atoms. The maximum Gasteiger partial charge on any atom is 0.255 e. The smallest absolute Gasteiger partial charge is 0.255 e. The molecule has 0 saturated heterocycles. The summed E-state index contributed by atoms with van der Waals surface area (Å²) in [7, 11) is 0. The topological polar surface area (TPSA) is 130 Å². The number of nitrogens with two attached hydrogens (primary N) is 1. The van der Waals surface area contributed by atoms with E-state index in [4.69, 9.17) is 5.73 Å². The molecule has 0 saturated carbocycles. The Morgan fingerprint density at radius 1 is 1.06 bits per heavy atom. The Bertz CT molecular complexity index is 1430. The van der Waals surface area contributed by atoms with Crippen LogP contribution in [0.5, 0.6) is 0 Å². The SMILES string of the molecule is CC(NC(=O)c1cc(C#N)cnc1NCc1ccc(-c2cnc(N)cn2)cc1F)c1ccc(F)cc1. The molecule has 1 atom stereocenters. The Hall–Kier alpha value is -4.91. The molecule has 0 aliphatic rings. The quantitative estimate of drug-likeness (QED) is 0.354. The Labute approximate surface area is 205 Å². The van der Waals surface area contributed by atoms with Gasteiger partial charge in [-0.05, 0) is 36.8 Å². The lowest BCUT2D eigenvalue weighted by molar-refractivity contribution is 0.0940. The van der Waals surface area contributed by atoms with Crippen molar-refractivity contribution in [3.63, 3.8) is 0 Å². The van der Waals surface area contributed by atoms with E-state index in [1.54, 1.807) is 31.2 Å². The average Bonchev–Trinajstić information content (AvgIpc) is 2.88. The number of nitriles is 1. The molecule has 4 N–H and O–H groups in total. The average molecular weight is 485 g/mol. The number of carbonyl (C=O) groups is 1. The summed E-state index contributed by atoms with van der Waals surface area (Å²) in [6, 6.07) is 13.3. The van der Waals surface area contributed by atoms with E-state index >= 15 is 0 Å². The molecule has 2 heterocycles. The Kier molecular flexibility index (Phi) is 7.11. The van der Waals surface area contributed by atoms with Crippen molar-refractivity contribution >= 4 is 17.5 Å². The van der Waals surface area contributed by atoms with Crippen molar-refractivity contribution in [1.29, 1.82) is 5.26 Å². The van der Waals surface area contributed by atoms with Crippen LogP contribution < -0.4 is 16.4 Å². The van der Waals surface area contributed by atoms with Gasteiger partial charge in [-0.15, -0.1) is 0 Å². The second-order valence-corrected chi connectivity index (χ2v) is 7.96. The fourth-order valence-corrected chi connectivity index (χ4v) is 3.47. The van der Waals surface area contributed by atoms with Crippen molar-refractivity contribution in [3.05, 3.63) is 101 Å². The highest BCUT2D eigenvalue weighted by atomic mass is 19.1. The number of anilines is 2. The van der Waals surface area contributed by atoms with Crippen LogP contribution in [-0.2, 0) is 6.54 Å². The lowest BCUT2D eigenvalue weighted by atomic mass is 10.1. The Morgan fingerprint density at radius 2 is 1.83 bits per heavy atom. The van der Waals surface area contributed by atoms with Crippen molar-refractivity contribution in [3.8, 4) is 17.3 Å². The van der Waals surface area contributed by atoms with Crippen LogP contribution in [0.15, 0.2) is 67.1 Å². The van der Waals surface area contributed by atoms with E-state index in [2.05, 4.69) is 25.6 Å². The van der Waals surface area contributed by atoms with Crippen LogP contribution in [0.2, 0.25) is 0 Å². The molecule has 10 heteroatoms. The van der Waals surface area contributed by atoms with E-state index in [1.165, 1.54) is 42.9 Å². The molecule has 180 valence electrons. The van der Waals surface area contributed by atoms with Gasteiger partial charge < -0.3 is 16.4 Å². The Balaban J connectivity index is 1.51. The third-order valence-corrected chi connectivity index (χ3v) is 5.45. The molecule has 0 radical (unpaired) electrons. The second-order valence-electron chi connectivity index (χ2n) is 7.96. The number of carbonyl (C=O) groups excluding carboxylic acids is 1. The van der Waals surface area contributed by atoms with Gasteiger partial charge in [0.25, 0.3) is 5.91 Å². The summed E-state index contributed by atoms with van der Waals surface area (Å²) in [6.07, 6.45) is 4.17. The molecule has 8 nitrogen and oxygen atoms in total. The minimum absolute atomic E-state index is 0.0340. The third-order valence-electron chi connectivity index (χ3n) is 5.45. The van der Waals surface area contributed by atoms with Gasteiger partial charge in [0.2, 0.25) is 0 Å². The number of amides is 1. The fourth-order valence-electron chi connectivity index (χ4n) is 3.47. The van der Waals surface area contributed by atoms with Crippen molar-refractivity contribution in [2.24, 2.45) is 0 Å². The first-order valence-electron chi connectivity index (χ1n) is 10.9. The van der Waals surface area contributed by atoms with Gasteiger partial charge >= 0.3 is 0 Å². The Morgan fingerprint density at radius 3 is 2.50 bits per heavy atom. The van der Waals surface area contributed by atoms with Gasteiger partial charge in [0.1, 0.15) is 29.3 Å². The number of hydrogen-bond acceptors (Lipinski definition) is 7. The predicted molar refractivity (Wildman–Crippen MR) is 130 cm³/mol. The van der Waals surface area contributed by atoms with Crippen molar-refractivity contribution < 1.29 is 13.6 Å². The number of aromatic nitrogens is 3. The first-order chi connectivity index (χ1) is 17.3. The third kappa shape index (κ3) is 5.59. The maximum atomic E-state index is 14.8. The van der Waals surface area contributed by atoms with Crippen molar-refractivity contribution in [1.82, 2.24) is 20.3 Å². The van der Waals surface area contributed by atoms with E-state index in [9.17, 15) is 18.8 Å². The number of pyridine rings is 1. The zero-order valence-corrected chi connectivity index (χ0v) is 19.2. The molecule has 0 spiro atoms. The molecule has 1 unspecified atom stereocenters. The molecular formula is C26H21F2N7O. The normalized spacial score (nSPS) is 11.4. The summed E-state index contributed by atoms with van der Waals surface area (Å²) in [5, 5.41) is 15.0. The first kappa shape index (κ1) is 24.2. The molecule has 4 rings (SSSR count). The van der Waals surface area contributed by atoms with Crippen LogP contribution in [0.25, 0.3) is 11.3 Å². The number of nitrogens with zero attached hydrogens (tertiary/aromatic N) is 4. The molecule has 0 fully saturated rings. The second kappa shape index (κ2) is 10.6. The van der Waals surface area contributed by atoms with Crippen LogP contribution in [0.3, 0.4) is 0 Å². The minimum atomic E-state index is -0.489. The van der Waals surface area contributed by atoms with E-state index < -0.39 is 17.8 Å². The molecule has 0 aliphatic carbocycles. The summed E-state index contributed by atoms with van der Waals surface area (Å²) in [5.41, 5.74) is 7.91. The molecule has 1 amide bonds. The highest BCUT2D eigenvalue weighted by Gasteiger charge is 2.18. The molecule has 0 aliphatic heterocycles. The van der Waals surface area contributed by atoms with Crippen molar-refractivity contribution in [2.45, 2.75) is 19.5 Å². The summed E-state index contributed by atoms with van der Waals surface area (Å²) < 4.78 is 28.0. The van der Waals surface area contributed by atoms with E-state index in [-0.39, 0.29) is 35.1 Å². The van der Waals surface area contributed by atoms with Crippen LogP contribution in [0.4, 0.5) is 20.4 Å². The summed E-state index contributed by atoms with van der Waals surface area (Å²) in [6.45, 7) is 1.79. The first-order valence-corrected chi connectivity index (χ1v) is 10.9. The van der Waals surface area contributed by atoms with Crippen LogP contribution in [0, 0.1) is 23.0 Å². The van der Waals surface area contributed by atoms with Gasteiger partial charge in [0.15, 0.2) is 0 Å². The van der Waals surface area contributed by atoms with Gasteiger partial charge in [0.05, 0.1) is 35.3 Å². The zero-order chi connectivity index (χ0) is 25.7. The molecule has 2 aromatic carbocycles. The van der Waals surface area contributed by atoms with Crippen molar-refractivity contribution in [2.75, 3.05) is 11.1 Å².